The first kappa shape index (κ1) is 14.0. The Morgan fingerprint density at radius 3 is 2.81 bits per heavy atom. The van der Waals surface area contributed by atoms with Crippen LogP contribution in [0.15, 0.2) is 18.2 Å². The van der Waals surface area contributed by atoms with Crippen LogP contribution in [0.3, 0.4) is 0 Å². The normalized spacial score (nSPS) is 16.2. The van der Waals surface area contributed by atoms with Crippen LogP contribution < -0.4 is 5.73 Å². The Kier molecular flexibility index (Phi) is 4.18. The van der Waals surface area contributed by atoms with E-state index in [0.717, 1.165) is 35.1 Å². The van der Waals surface area contributed by atoms with Gasteiger partial charge in [0.25, 0.3) is 0 Å². The van der Waals surface area contributed by atoms with Crippen molar-refractivity contribution in [3.05, 3.63) is 23.8 Å². The lowest BCUT2D eigenvalue weighted by molar-refractivity contribution is 0.318. The van der Waals surface area contributed by atoms with Gasteiger partial charge in [0.2, 0.25) is 0 Å². The maximum Gasteiger partial charge on any atom is 0.182 e. The van der Waals surface area contributed by atoms with Crippen molar-refractivity contribution in [1.82, 2.24) is 20.2 Å². The number of tetrazole rings is 1. The number of benzene rings is 1. The second-order valence-corrected chi connectivity index (χ2v) is 6.09. The lowest BCUT2D eigenvalue weighted by Gasteiger charge is -2.21. The SMILES string of the molecule is Cc1cc(N)ccc1-c1nnnn1CCC1CCCCC1. The Labute approximate surface area is 125 Å². The number of aryl methyl sites for hydroxylation is 2. The molecule has 112 valence electrons. The number of hydrogen-bond acceptors (Lipinski definition) is 4. The van der Waals surface area contributed by atoms with Crippen molar-refractivity contribution >= 4 is 5.69 Å². The highest BCUT2D eigenvalue weighted by molar-refractivity contribution is 5.63. The van der Waals surface area contributed by atoms with Crippen LogP contribution in [-0.2, 0) is 6.54 Å². The highest BCUT2D eigenvalue weighted by Gasteiger charge is 2.16. The summed E-state index contributed by atoms with van der Waals surface area (Å²) in [5.74, 6) is 1.69. The quantitative estimate of drug-likeness (QED) is 0.876. The van der Waals surface area contributed by atoms with E-state index in [4.69, 9.17) is 5.73 Å². The molecule has 1 aliphatic rings. The van der Waals surface area contributed by atoms with Crippen LogP contribution in [0.5, 0.6) is 0 Å². The van der Waals surface area contributed by atoms with Gasteiger partial charge in [-0.05, 0) is 53.5 Å². The highest BCUT2D eigenvalue weighted by atomic mass is 15.5. The van der Waals surface area contributed by atoms with Crippen molar-refractivity contribution in [2.75, 3.05) is 5.73 Å². The van der Waals surface area contributed by atoms with E-state index in [-0.39, 0.29) is 0 Å². The van der Waals surface area contributed by atoms with Crippen molar-refractivity contribution in [2.45, 2.75) is 52.0 Å². The smallest absolute Gasteiger partial charge is 0.182 e. The standard InChI is InChI=1S/C16H23N5/c1-12-11-14(17)7-8-15(12)16-18-19-20-21(16)10-9-13-5-3-2-4-6-13/h7-8,11,13H,2-6,9-10,17H2,1H3. The van der Waals surface area contributed by atoms with Gasteiger partial charge in [-0.25, -0.2) is 4.68 Å². The molecule has 0 spiro atoms. The summed E-state index contributed by atoms with van der Waals surface area (Å²) in [5, 5.41) is 12.2. The predicted octanol–water partition coefficient (Wildman–Crippen LogP) is 3.20. The molecule has 5 nitrogen and oxygen atoms in total. The molecule has 0 saturated heterocycles. The summed E-state index contributed by atoms with van der Waals surface area (Å²) in [5.41, 5.74) is 8.77. The van der Waals surface area contributed by atoms with Gasteiger partial charge in [-0.3, -0.25) is 0 Å². The molecule has 0 bridgehead atoms. The van der Waals surface area contributed by atoms with Gasteiger partial charge in [0.15, 0.2) is 5.82 Å². The van der Waals surface area contributed by atoms with Crippen molar-refractivity contribution in [2.24, 2.45) is 5.92 Å². The Morgan fingerprint density at radius 1 is 1.24 bits per heavy atom. The van der Waals surface area contributed by atoms with E-state index in [2.05, 4.69) is 15.5 Å². The van der Waals surface area contributed by atoms with Gasteiger partial charge < -0.3 is 5.73 Å². The van der Waals surface area contributed by atoms with Crippen LogP contribution in [0.1, 0.15) is 44.1 Å². The molecule has 2 aromatic rings. The number of nitrogen functional groups attached to an aromatic ring is 1. The third kappa shape index (κ3) is 3.23. The third-order valence-corrected chi connectivity index (χ3v) is 4.50. The summed E-state index contributed by atoms with van der Waals surface area (Å²) in [6.07, 6.45) is 8.05. The zero-order valence-electron chi connectivity index (χ0n) is 12.6. The zero-order valence-corrected chi connectivity index (χ0v) is 12.6. The summed E-state index contributed by atoms with van der Waals surface area (Å²) >= 11 is 0. The maximum atomic E-state index is 5.82. The van der Waals surface area contributed by atoms with E-state index in [1.165, 1.54) is 38.5 Å². The minimum Gasteiger partial charge on any atom is -0.399 e. The highest BCUT2D eigenvalue weighted by Crippen LogP contribution is 2.28. The van der Waals surface area contributed by atoms with Gasteiger partial charge in [0.05, 0.1) is 0 Å². The molecule has 3 rings (SSSR count). The van der Waals surface area contributed by atoms with Gasteiger partial charge in [-0.1, -0.05) is 32.1 Å². The lowest BCUT2D eigenvalue weighted by Crippen LogP contribution is -2.12. The Balaban J connectivity index is 1.74. The van der Waals surface area contributed by atoms with E-state index in [0.29, 0.717) is 0 Å². The molecule has 0 radical (unpaired) electrons. The van der Waals surface area contributed by atoms with Gasteiger partial charge in [-0.2, -0.15) is 0 Å². The molecule has 0 atom stereocenters. The summed E-state index contributed by atoms with van der Waals surface area (Å²) in [6, 6.07) is 5.88. The molecular weight excluding hydrogens is 262 g/mol. The number of nitrogens with two attached hydrogens (primary N) is 1. The molecule has 1 aromatic heterocycles. The summed E-state index contributed by atoms with van der Waals surface area (Å²) in [6.45, 7) is 2.95. The Bertz CT molecular complexity index is 598. The molecule has 1 heterocycles. The Hall–Kier alpha value is -1.91. The topological polar surface area (TPSA) is 69.6 Å². The van der Waals surface area contributed by atoms with E-state index in [9.17, 15) is 0 Å². The maximum absolute atomic E-state index is 5.82. The minimum absolute atomic E-state index is 0.775. The number of nitrogens with zero attached hydrogens (tertiary/aromatic N) is 4. The van der Waals surface area contributed by atoms with E-state index in [1.807, 2.05) is 29.8 Å². The van der Waals surface area contributed by atoms with Gasteiger partial charge in [0, 0.05) is 17.8 Å². The first-order chi connectivity index (χ1) is 10.2. The monoisotopic (exact) mass is 285 g/mol. The predicted molar refractivity (Wildman–Crippen MR) is 83.6 cm³/mol. The fraction of sp³-hybridized carbons (Fsp3) is 0.562. The zero-order chi connectivity index (χ0) is 14.7. The molecule has 1 saturated carbocycles. The fourth-order valence-corrected chi connectivity index (χ4v) is 3.27. The van der Waals surface area contributed by atoms with Crippen molar-refractivity contribution in [1.29, 1.82) is 0 Å². The number of hydrogen-bond donors (Lipinski definition) is 1. The van der Waals surface area contributed by atoms with Crippen LogP contribution >= 0.6 is 0 Å². The minimum atomic E-state index is 0.775. The third-order valence-electron chi connectivity index (χ3n) is 4.50. The van der Waals surface area contributed by atoms with Crippen LogP contribution in [0, 0.1) is 12.8 Å². The fourth-order valence-electron chi connectivity index (χ4n) is 3.27. The van der Waals surface area contributed by atoms with Gasteiger partial charge in [0.1, 0.15) is 0 Å². The average molecular weight is 285 g/mol. The summed E-state index contributed by atoms with van der Waals surface area (Å²) in [7, 11) is 0. The van der Waals surface area contributed by atoms with Crippen molar-refractivity contribution < 1.29 is 0 Å². The molecule has 1 fully saturated rings. The molecule has 2 N–H and O–H groups in total. The lowest BCUT2D eigenvalue weighted by atomic mass is 9.87. The summed E-state index contributed by atoms with van der Waals surface area (Å²) in [4.78, 5) is 0. The van der Waals surface area contributed by atoms with Gasteiger partial charge in [-0.15, -0.1) is 5.10 Å². The van der Waals surface area contributed by atoms with Crippen LogP contribution in [0.2, 0.25) is 0 Å². The number of rotatable bonds is 4. The average Bonchev–Trinajstić information content (AvgIpc) is 2.94. The molecule has 0 unspecified atom stereocenters. The van der Waals surface area contributed by atoms with Crippen molar-refractivity contribution in [3.8, 4) is 11.4 Å². The summed E-state index contributed by atoms with van der Waals surface area (Å²) < 4.78 is 1.94. The molecular formula is C16H23N5. The molecule has 21 heavy (non-hydrogen) atoms. The Morgan fingerprint density at radius 2 is 2.05 bits per heavy atom. The molecule has 0 aliphatic heterocycles. The largest absolute Gasteiger partial charge is 0.399 e. The molecule has 1 aliphatic carbocycles. The van der Waals surface area contributed by atoms with E-state index >= 15 is 0 Å². The second-order valence-electron chi connectivity index (χ2n) is 6.09. The molecule has 1 aromatic carbocycles. The second kappa shape index (κ2) is 6.24. The first-order valence-electron chi connectivity index (χ1n) is 7.86. The first-order valence-corrected chi connectivity index (χ1v) is 7.86. The van der Waals surface area contributed by atoms with E-state index in [1.54, 1.807) is 0 Å². The van der Waals surface area contributed by atoms with Crippen LogP contribution in [0.25, 0.3) is 11.4 Å². The molecule has 5 heteroatoms. The van der Waals surface area contributed by atoms with Gasteiger partial charge >= 0.3 is 0 Å². The van der Waals surface area contributed by atoms with Crippen LogP contribution in [-0.4, -0.2) is 20.2 Å². The van der Waals surface area contributed by atoms with E-state index < -0.39 is 0 Å². The van der Waals surface area contributed by atoms with Crippen LogP contribution in [0.4, 0.5) is 5.69 Å². The molecule has 0 amide bonds. The number of aromatic nitrogens is 4. The van der Waals surface area contributed by atoms with Crippen molar-refractivity contribution in [3.63, 3.8) is 0 Å². The number of anilines is 1.